The number of nitro benzene ring substituents is 1. The van der Waals surface area contributed by atoms with E-state index in [0.717, 1.165) is 11.3 Å². The van der Waals surface area contributed by atoms with E-state index >= 15 is 0 Å². The molecule has 0 amide bonds. The first-order valence-electron chi connectivity index (χ1n) is 10.8. The van der Waals surface area contributed by atoms with E-state index in [-0.39, 0.29) is 45.3 Å². The summed E-state index contributed by atoms with van der Waals surface area (Å²) in [4.78, 5) is 42.3. The Hall–Kier alpha value is -4.32. The molecule has 1 atom stereocenters. The van der Waals surface area contributed by atoms with Crippen molar-refractivity contribution in [2.45, 2.75) is 19.9 Å². The first-order chi connectivity index (χ1) is 17.3. The summed E-state index contributed by atoms with van der Waals surface area (Å²) in [6.45, 7) is 3.34. The molecule has 2 aromatic carbocycles. The number of aromatic nitrogens is 1. The van der Waals surface area contributed by atoms with Gasteiger partial charge in [0, 0.05) is 0 Å². The zero-order valence-electron chi connectivity index (χ0n) is 19.0. The highest BCUT2D eigenvalue weighted by atomic mass is 32.1. The van der Waals surface area contributed by atoms with Crippen LogP contribution in [-0.4, -0.2) is 28.9 Å². The van der Waals surface area contributed by atoms with Gasteiger partial charge in [-0.15, -0.1) is 0 Å². The standard InChI is InChI=1S/C24H18FN3O7S/c1-3-33-23(30)20-12(2)26-24-27(21(20)13-4-6-15(25)7-5-13)22(29)19(36-24)9-14-8-17-18(35-11-34-17)10-16(14)28(31)32/h4-10,21H,3,11H2,1-2H3/b19-9-/t21-/m1/s1. The molecule has 0 fully saturated rings. The quantitative estimate of drug-likeness (QED) is 0.293. The third-order valence-corrected chi connectivity index (χ3v) is 6.69. The number of hydrogen-bond acceptors (Lipinski definition) is 9. The van der Waals surface area contributed by atoms with Crippen molar-refractivity contribution in [1.82, 2.24) is 4.57 Å². The summed E-state index contributed by atoms with van der Waals surface area (Å²) in [5.74, 6) is -0.552. The molecule has 0 aliphatic carbocycles. The molecule has 3 heterocycles. The summed E-state index contributed by atoms with van der Waals surface area (Å²) >= 11 is 1.02. The zero-order chi connectivity index (χ0) is 25.6. The minimum atomic E-state index is -0.921. The van der Waals surface area contributed by atoms with Gasteiger partial charge in [0.15, 0.2) is 16.3 Å². The van der Waals surface area contributed by atoms with E-state index < -0.39 is 28.3 Å². The van der Waals surface area contributed by atoms with Gasteiger partial charge >= 0.3 is 5.97 Å². The van der Waals surface area contributed by atoms with Gasteiger partial charge in [-0.25, -0.2) is 14.2 Å². The molecule has 0 radical (unpaired) electrons. The number of nitro groups is 1. The van der Waals surface area contributed by atoms with Crippen LogP contribution in [0.25, 0.3) is 6.08 Å². The molecule has 1 aromatic heterocycles. The van der Waals surface area contributed by atoms with Crippen molar-refractivity contribution in [2.75, 3.05) is 13.4 Å². The maximum Gasteiger partial charge on any atom is 0.338 e. The van der Waals surface area contributed by atoms with Crippen LogP contribution in [0.3, 0.4) is 0 Å². The number of allylic oxidation sites excluding steroid dienone is 1. The van der Waals surface area contributed by atoms with Crippen LogP contribution in [0.2, 0.25) is 0 Å². The number of fused-ring (bicyclic) bond motifs is 2. The molecular formula is C24H18FN3O7S. The van der Waals surface area contributed by atoms with Crippen LogP contribution in [0.1, 0.15) is 31.0 Å². The minimum Gasteiger partial charge on any atom is -0.463 e. The van der Waals surface area contributed by atoms with Crippen LogP contribution in [-0.2, 0) is 9.53 Å². The van der Waals surface area contributed by atoms with Crippen LogP contribution in [0.5, 0.6) is 11.5 Å². The molecular weight excluding hydrogens is 493 g/mol. The van der Waals surface area contributed by atoms with Crippen LogP contribution >= 0.6 is 11.3 Å². The lowest BCUT2D eigenvalue weighted by molar-refractivity contribution is -0.385. The van der Waals surface area contributed by atoms with Crippen LogP contribution in [0.15, 0.2) is 57.5 Å². The first kappa shape index (κ1) is 23.4. The van der Waals surface area contributed by atoms with Gasteiger partial charge in [-0.05, 0) is 43.7 Å². The van der Waals surface area contributed by atoms with Crippen molar-refractivity contribution in [3.63, 3.8) is 0 Å². The fourth-order valence-electron chi connectivity index (χ4n) is 4.11. The number of benzene rings is 2. The number of ether oxygens (including phenoxy) is 3. The molecule has 2 aliphatic heterocycles. The highest BCUT2D eigenvalue weighted by Crippen LogP contribution is 2.38. The fraction of sp³-hybridized carbons (Fsp3) is 0.208. The van der Waals surface area contributed by atoms with Crippen LogP contribution < -0.4 is 24.4 Å². The third-order valence-electron chi connectivity index (χ3n) is 5.71. The zero-order valence-corrected chi connectivity index (χ0v) is 19.8. The Balaban J connectivity index is 1.73. The highest BCUT2D eigenvalue weighted by molar-refractivity contribution is 7.07. The topological polar surface area (TPSA) is 122 Å². The summed E-state index contributed by atoms with van der Waals surface area (Å²) in [7, 11) is 0. The summed E-state index contributed by atoms with van der Waals surface area (Å²) in [6.07, 6.45) is 1.38. The maximum absolute atomic E-state index is 13.7. The van der Waals surface area contributed by atoms with Crippen molar-refractivity contribution < 1.29 is 28.3 Å². The number of nitrogens with zero attached hydrogens (tertiary/aromatic N) is 3. The van der Waals surface area contributed by atoms with E-state index in [2.05, 4.69) is 4.99 Å². The molecule has 36 heavy (non-hydrogen) atoms. The smallest absolute Gasteiger partial charge is 0.338 e. The molecule has 0 N–H and O–H groups in total. The fourth-order valence-corrected chi connectivity index (χ4v) is 5.15. The third kappa shape index (κ3) is 3.94. The Morgan fingerprint density at radius 2 is 2.00 bits per heavy atom. The summed E-state index contributed by atoms with van der Waals surface area (Å²) in [5.41, 5.74) is 0.351. The number of halogens is 1. The molecule has 3 aromatic rings. The normalized spacial score (nSPS) is 16.5. The molecule has 0 unspecified atom stereocenters. The molecule has 0 bridgehead atoms. The Morgan fingerprint density at radius 1 is 1.31 bits per heavy atom. The van der Waals surface area contributed by atoms with E-state index in [1.807, 2.05) is 0 Å². The predicted octanol–water partition coefficient (Wildman–Crippen LogP) is 2.57. The molecule has 0 saturated carbocycles. The lowest BCUT2D eigenvalue weighted by Gasteiger charge is -2.24. The van der Waals surface area contributed by atoms with Crippen molar-refractivity contribution in [1.29, 1.82) is 0 Å². The highest BCUT2D eigenvalue weighted by Gasteiger charge is 2.33. The van der Waals surface area contributed by atoms with E-state index in [0.29, 0.717) is 17.0 Å². The van der Waals surface area contributed by atoms with Gasteiger partial charge in [-0.3, -0.25) is 19.5 Å². The van der Waals surface area contributed by atoms with Crippen LogP contribution in [0.4, 0.5) is 10.1 Å². The minimum absolute atomic E-state index is 0.0638. The monoisotopic (exact) mass is 511 g/mol. The average molecular weight is 511 g/mol. The largest absolute Gasteiger partial charge is 0.463 e. The van der Waals surface area contributed by atoms with E-state index in [1.54, 1.807) is 13.8 Å². The molecule has 2 aliphatic rings. The second-order valence-corrected chi connectivity index (χ2v) is 8.88. The molecule has 0 spiro atoms. The molecule has 0 saturated heterocycles. The van der Waals surface area contributed by atoms with E-state index in [1.165, 1.54) is 47.0 Å². The van der Waals surface area contributed by atoms with Crippen LogP contribution in [0, 0.1) is 15.9 Å². The van der Waals surface area contributed by atoms with E-state index in [9.17, 15) is 24.1 Å². The van der Waals surface area contributed by atoms with Gasteiger partial charge in [0.05, 0.1) is 45.0 Å². The number of carbonyl (C=O) groups is 1. The van der Waals surface area contributed by atoms with E-state index in [4.69, 9.17) is 14.2 Å². The van der Waals surface area contributed by atoms with Gasteiger partial charge in [0.1, 0.15) is 5.82 Å². The van der Waals surface area contributed by atoms with Gasteiger partial charge in [-0.2, -0.15) is 0 Å². The number of esters is 1. The average Bonchev–Trinajstić information content (AvgIpc) is 3.42. The Bertz CT molecular complexity index is 1620. The number of hydrogen-bond donors (Lipinski definition) is 0. The number of rotatable bonds is 5. The van der Waals surface area contributed by atoms with Crippen molar-refractivity contribution >= 4 is 29.1 Å². The van der Waals surface area contributed by atoms with Gasteiger partial charge in [0.25, 0.3) is 11.2 Å². The predicted molar refractivity (Wildman–Crippen MR) is 126 cm³/mol. The van der Waals surface area contributed by atoms with Gasteiger partial charge in [-0.1, -0.05) is 23.5 Å². The Labute approximate surface area is 206 Å². The second kappa shape index (κ2) is 9.04. The van der Waals surface area contributed by atoms with Gasteiger partial charge in [0.2, 0.25) is 6.79 Å². The lowest BCUT2D eigenvalue weighted by Crippen LogP contribution is -2.39. The summed E-state index contributed by atoms with van der Waals surface area (Å²) in [6, 6.07) is 7.20. The number of thiazole rings is 1. The summed E-state index contributed by atoms with van der Waals surface area (Å²) in [5, 5.41) is 11.7. The SMILES string of the molecule is CCOC(=O)C1=C(C)N=c2s/c(=C\c3cc4c(cc3[N+](=O)[O-])OCO4)c(=O)n2[C@@H]1c1ccc(F)cc1. The van der Waals surface area contributed by atoms with Gasteiger partial charge < -0.3 is 14.2 Å². The number of carbonyl (C=O) groups excluding carboxylic acids is 1. The maximum atomic E-state index is 13.7. The Kier molecular flexibility index (Phi) is 5.88. The summed E-state index contributed by atoms with van der Waals surface area (Å²) < 4.78 is 30.9. The molecule has 12 heteroatoms. The van der Waals surface area contributed by atoms with Crippen molar-refractivity contribution in [3.8, 4) is 11.5 Å². The molecule has 5 rings (SSSR count). The first-order valence-corrected chi connectivity index (χ1v) is 11.6. The lowest BCUT2D eigenvalue weighted by atomic mass is 9.96. The second-order valence-electron chi connectivity index (χ2n) is 7.88. The molecule has 10 nitrogen and oxygen atoms in total. The molecule has 184 valence electrons. The van der Waals surface area contributed by atoms with Crippen molar-refractivity contribution in [2.24, 2.45) is 4.99 Å². The Morgan fingerprint density at radius 3 is 2.67 bits per heavy atom. The van der Waals surface area contributed by atoms with Crippen molar-refractivity contribution in [3.05, 3.63) is 94.4 Å².